The highest BCUT2D eigenvalue weighted by molar-refractivity contribution is 7.07. The van der Waals surface area contributed by atoms with Gasteiger partial charge < -0.3 is 14.2 Å². The Kier molecular flexibility index (Phi) is 7.42. The van der Waals surface area contributed by atoms with Crippen LogP contribution in [0.15, 0.2) is 63.5 Å². The number of hydrogen-bond donors (Lipinski definition) is 0. The van der Waals surface area contributed by atoms with Crippen LogP contribution in [-0.2, 0) is 9.53 Å². The molecule has 3 aromatic rings. The highest BCUT2D eigenvalue weighted by Gasteiger charge is 2.33. The molecule has 1 aromatic heterocycles. The Morgan fingerprint density at radius 3 is 2.54 bits per heavy atom. The quantitative estimate of drug-likeness (QED) is 0.449. The van der Waals surface area contributed by atoms with Crippen molar-refractivity contribution in [1.29, 1.82) is 0 Å². The van der Waals surface area contributed by atoms with E-state index in [-0.39, 0.29) is 12.2 Å². The molecule has 182 valence electrons. The number of hydrogen-bond acceptors (Lipinski definition) is 7. The van der Waals surface area contributed by atoms with Crippen molar-refractivity contribution in [3.05, 3.63) is 89.6 Å². The molecule has 0 spiro atoms. The van der Waals surface area contributed by atoms with Crippen LogP contribution in [0.3, 0.4) is 0 Å². The number of halogens is 1. The first-order chi connectivity index (χ1) is 16.9. The molecule has 2 heterocycles. The molecule has 0 bridgehead atoms. The second-order valence-corrected chi connectivity index (χ2v) is 9.14. The third kappa shape index (κ3) is 4.90. The number of esters is 1. The van der Waals surface area contributed by atoms with Gasteiger partial charge in [0.15, 0.2) is 16.3 Å². The van der Waals surface area contributed by atoms with Crippen LogP contribution < -0.4 is 24.4 Å². The Labute approximate surface area is 211 Å². The van der Waals surface area contributed by atoms with Gasteiger partial charge in [-0.05, 0) is 62.2 Å². The number of methoxy groups -OCH3 is 1. The smallest absolute Gasteiger partial charge is 0.338 e. The predicted molar refractivity (Wildman–Crippen MR) is 136 cm³/mol. The van der Waals surface area contributed by atoms with Gasteiger partial charge in [0.25, 0.3) is 5.56 Å². The maximum atomic E-state index is 13.7. The summed E-state index contributed by atoms with van der Waals surface area (Å²) >= 11 is 7.26. The van der Waals surface area contributed by atoms with Crippen LogP contribution in [0.1, 0.15) is 37.9 Å². The zero-order valence-electron chi connectivity index (χ0n) is 19.8. The molecular formula is C26H25ClN2O5S. The van der Waals surface area contributed by atoms with E-state index in [9.17, 15) is 9.59 Å². The van der Waals surface area contributed by atoms with Crippen molar-refractivity contribution in [2.24, 2.45) is 4.99 Å². The van der Waals surface area contributed by atoms with Gasteiger partial charge in [-0.3, -0.25) is 9.36 Å². The topological polar surface area (TPSA) is 79.1 Å². The van der Waals surface area contributed by atoms with Gasteiger partial charge in [0.05, 0.1) is 42.2 Å². The fourth-order valence-electron chi connectivity index (χ4n) is 3.95. The van der Waals surface area contributed by atoms with Gasteiger partial charge in [0.1, 0.15) is 0 Å². The number of carbonyl (C=O) groups excluding carboxylic acids is 1. The molecule has 0 saturated carbocycles. The van der Waals surface area contributed by atoms with E-state index in [4.69, 9.17) is 25.8 Å². The van der Waals surface area contributed by atoms with Crippen molar-refractivity contribution in [2.75, 3.05) is 20.3 Å². The highest BCUT2D eigenvalue weighted by Crippen LogP contribution is 2.36. The maximum absolute atomic E-state index is 13.7. The number of nitrogens with zero attached hydrogens (tertiary/aromatic N) is 2. The van der Waals surface area contributed by atoms with E-state index in [1.54, 1.807) is 55.9 Å². The number of fused-ring (bicyclic) bond motifs is 1. The normalized spacial score (nSPS) is 15.5. The fraction of sp³-hybridized carbons (Fsp3) is 0.269. The van der Waals surface area contributed by atoms with Gasteiger partial charge in [-0.25, -0.2) is 9.79 Å². The first kappa shape index (κ1) is 24.8. The van der Waals surface area contributed by atoms with Gasteiger partial charge in [-0.15, -0.1) is 0 Å². The van der Waals surface area contributed by atoms with Gasteiger partial charge in [-0.2, -0.15) is 0 Å². The molecule has 35 heavy (non-hydrogen) atoms. The lowest BCUT2D eigenvalue weighted by molar-refractivity contribution is -0.139. The van der Waals surface area contributed by atoms with E-state index in [0.717, 1.165) is 5.56 Å². The number of carbonyl (C=O) groups is 1. The summed E-state index contributed by atoms with van der Waals surface area (Å²) in [6.07, 6.45) is 1.79. The van der Waals surface area contributed by atoms with Gasteiger partial charge in [-0.1, -0.05) is 41.1 Å². The minimum Gasteiger partial charge on any atom is -0.493 e. The second kappa shape index (κ2) is 10.5. The Morgan fingerprint density at radius 1 is 1.14 bits per heavy atom. The number of allylic oxidation sites excluding steroid dienone is 1. The van der Waals surface area contributed by atoms with Crippen LogP contribution in [-0.4, -0.2) is 30.9 Å². The summed E-state index contributed by atoms with van der Waals surface area (Å²) in [5, 5.41) is 0.614. The molecule has 0 unspecified atom stereocenters. The van der Waals surface area contributed by atoms with Crippen LogP contribution in [0.2, 0.25) is 5.02 Å². The lowest BCUT2D eigenvalue weighted by Gasteiger charge is -2.25. The first-order valence-corrected chi connectivity index (χ1v) is 12.3. The number of benzene rings is 2. The van der Waals surface area contributed by atoms with Crippen LogP contribution in [0.4, 0.5) is 0 Å². The average Bonchev–Trinajstić information content (AvgIpc) is 3.14. The van der Waals surface area contributed by atoms with Crippen LogP contribution >= 0.6 is 22.9 Å². The summed E-state index contributed by atoms with van der Waals surface area (Å²) in [6.45, 7) is 6.01. The lowest BCUT2D eigenvalue weighted by atomic mass is 9.95. The van der Waals surface area contributed by atoms with Crippen LogP contribution in [0.5, 0.6) is 11.5 Å². The monoisotopic (exact) mass is 512 g/mol. The molecule has 0 saturated heterocycles. The van der Waals surface area contributed by atoms with Gasteiger partial charge >= 0.3 is 5.97 Å². The van der Waals surface area contributed by atoms with E-state index in [1.807, 2.05) is 25.1 Å². The summed E-state index contributed by atoms with van der Waals surface area (Å²) in [5.41, 5.74) is 2.08. The molecule has 2 aromatic carbocycles. The zero-order chi connectivity index (χ0) is 25.1. The summed E-state index contributed by atoms with van der Waals surface area (Å²) in [7, 11) is 1.56. The molecule has 1 aliphatic rings. The number of ether oxygens (including phenoxy) is 3. The molecule has 7 nitrogen and oxygen atoms in total. The molecule has 0 N–H and O–H groups in total. The van der Waals surface area contributed by atoms with E-state index in [0.29, 0.717) is 49.3 Å². The molecule has 0 amide bonds. The van der Waals surface area contributed by atoms with Crippen LogP contribution in [0, 0.1) is 0 Å². The Balaban J connectivity index is 1.96. The van der Waals surface area contributed by atoms with E-state index < -0.39 is 12.0 Å². The van der Waals surface area contributed by atoms with Crippen molar-refractivity contribution >= 4 is 35.0 Å². The van der Waals surface area contributed by atoms with Crippen molar-refractivity contribution in [2.45, 2.75) is 26.8 Å². The minimum absolute atomic E-state index is 0.204. The standard InChI is InChI=1S/C26H25ClN2O5S/c1-5-33-20-14-17(9-12-19(20)32-4)23-22(25(31)34-6-2)15(3)28-26-29(23)24(30)21(35-26)13-16-7-10-18(27)11-8-16/h7-14,23H,5-6H2,1-4H3/b21-13-/t23-/m1/s1. The average molecular weight is 513 g/mol. The summed E-state index contributed by atoms with van der Waals surface area (Å²) < 4.78 is 18.6. The molecule has 4 rings (SSSR count). The van der Waals surface area contributed by atoms with E-state index in [2.05, 4.69) is 4.99 Å². The largest absolute Gasteiger partial charge is 0.493 e. The predicted octanol–water partition coefficient (Wildman–Crippen LogP) is 3.86. The summed E-state index contributed by atoms with van der Waals surface area (Å²) in [5.74, 6) is 0.567. The Hall–Kier alpha value is -3.36. The fourth-order valence-corrected chi connectivity index (χ4v) is 5.12. The SMILES string of the molecule is CCOC(=O)C1=C(C)N=c2s/c(=C\c3ccc(Cl)cc3)c(=O)n2[C@@H]1c1ccc(OC)c(OCC)c1. The van der Waals surface area contributed by atoms with Crippen molar-refractivity contribution in [3.63, 3.8) is 0 Å². The highest BCUT2D eigenvalue weighted by atomic mass is 35.5. The summed E-state index contributed by atoms with van der Waals surface area (Å²) in [4.78, 5) is 31.8. The molecule has 9 heteroatoms. The summed E-state index contributed by atoms with van der Waals surface area (Å²) in [6, 6.07) is 11.9. The van der Waals surface area contributed by atoms with Gasteiger partial charge in [0, 0.05) is 5.02 Å². The number of thiazole rings is 1. The zero-order valence-corrected chi connectivity index (χ0v) is 21.4. The first-order valence-electron chi connectivity index (χ1n) is 11.1. The van der Waals surface area contributed by atoms with Crippen molar-refractivity contribution in [1.82, 2.24) is 4.57 Å². The third-order valence-corrected chi connectivity index (χ3v) is 6.72. The molecule has 1 aliphatic heterocycles. The molecule has 0 radical (unpaired) electrons. The second-order valence-electron chi connectivity index (χ2n) is 7.70. The lowest BCUT2D eigenvalue weighted by Crippen LogP contribution is -2.40. The van der Waals surface area contributed by atoms with Crippen molar-refractivity contribution in [3.8, 4) is 11.5 Å². The van der Waals surface area contributed by atoms with E-state index >= 15 is 0 Å². The number of aromatic nitrogens is 1. The minimum atomic E-state index is -0.734. The number of rotatable bonds is 7. The van der Waals surface area contributed by atoms with Gasteiger partial charge in [0.2, 0.25) is 0 Å². The van der Waals surface area contributed by atoms with Crippen molar-refractivity contribution < 1.29 is 19.0 Å². The molecule has 0 aliphatic carbocycles. The molecule has 1 atom stereocenters. The Bertz CT molecular complexity index is 1470. The molecule has 0 fully saturated rings. The van der Waals surface area contributed by atoms with E-state index in [1.165, 1.54) is 11.3 Å². The third-order valence-electron chi connectivity index (χ3n) is 5.49. The molecular weight excluding hydrogens is 488 g/mol. The maximum Gasteiger partial charge on any atom is 0.338 e. The van der Waals surface area contributed by atoms with Crippen LogP contribution in [0.25, 0.3) is 6.08 Å². The Morgan fingerprint density at radius 2 is 1.89 bits per heavy atom.